The van der Waals surface area contributed by atoms with Crippen molar-refractivity contribution in [2.75, 3.05) is 4.90 Å². The lowest BCUT2D eigenvalue weighted by Crippen LogP contribution is -2.12. The number of alkyl halides is 1. The topological polar surface area (TPSA) is 55.6 Å². The Kier molecular flexibility index (Phi) is 7.08. The number of hydrogen-bond donors (Lipinski definition) is 1. The van der Waals surface area contributed by atoms with Gasteiger partial charge in [-0.15, -0.1) is 22.9 Å². The molecule has 4 nitrogen and oxygen atoms in total. The van der Waals surface area contributed by atoms with Crippen molar-refractivity contribution in [1.82, 2.24) is 0 Å². The van der Waals surface area contributed by atoms with Crippen LogP contribution in [0.3, 0.4) is 0 Å². The molecule has 0 bridgehead atoms. The van der Waals surface area contributed by atoms with E-state index < -0.39 is 5.91 Å². The molecule has 2 N–H and O–H groups in total. The fourth-order valence-corrected chi connectivity index (χ4v) is 4.51. The largest absolute Gasteiger partial charge is 0.484 e. The van der Waals surface area contributed by atoms with Gasteiger partial charge < -0.3 is 15.4 Å². The molecule has 0 fully saturated rings. The average Bonchev–Trinajstić information content (AvgIpc) is 3.14. The summed E-state index contributed by atoms with van der Waals surface area (Å²) in [5.74, 6) is 0.259. The maximum Gasteiger partial charge on any atom is 0.262 e. The van der Waals surface area contributed by atoms with E-state index in [4.69, 9.17) is 33.7 Å². The number of nitrogens with zero attached hydrogens (tertiary/aromatic N) is 1. The van der Waals surface area contributed by atoms with Gasteiger partial charge in [-0.3, -0.25) is 4.79 Å². The van der Waals surface area contributed by atoms with Crippen molar-refractivity contribution in [2.24, 2.45) is 5.73 Å². The first kappa shape index (κ1) is 22.2. The van der Waals surface area contributed by atoms with E-state index in [2.05, 4.69) is 6.58 Å². The van der Waals surface area contributed by atoms with Crippen molar-refractivity contribution in [1.29, 1.82) is 0 Å². The molecule has 0 radical (unpaired) electrons. The van der Waals surface area contributed by atoms with Gasteiger partial charge in [0.25, 0.3) is 5.91 Å². The van der Waals surface area contributed by atoms with Crippen LogP contribution in [-0.2, 0) is 5.88 Å². The third-order valence-corrected chi connectivity index (χ3v) is 6.45. The number of nitrogens with two attached hydrogens (primary N) is 1. The van der Waals surface area contributed by atoms with Gasteiger partial charge in [-0.2, -0.15) is 0 Å². The normalized spacial score (nSPS) is 11.7. The molecule has 0 aliphatic heterocycles. The van der Waals surface area contributed by atoms with Crippen LogP contribution in [0.2, 0.25) is 5.02 Å². The third kappa shape index (κ3) is 4.64. The minimum absolute atomic E-state index is 0.335. The van der Waals surface area contributed by atoms with E-state index in [0.29, 0.717) is 21.5 Å². The molecule has 2 aromatic carbocycles. The molecule has 1 heterocycles. The average molecular weight is 461 g/mol. The second-order valence-corrected chi connectivity index (χ2v) is 8.44. The minimum atomic E-state index is -0.553. The summed E-state index contributed by atoms with van der Waals surface area (Å²) in [4.78, 5) is 14.3. The Balaban J connectivity index is 2.00. The van der Waals surface area contributed by atoms with Crippen molar-refractivity contribution < 1.29 is 9.53 Å². The second-order valence-electron chi connectivity index (χ2n) is 6.73. The fourth-order valence-electron chi connectivity index (χ4n) is 3.10. The first-order chi connectivity index (χ1) is 14.3. The maximum absolute atomic E-state index is 12.1. The lowest BCUT2D eigenvalue weighted by Gasteiger charge is -2.21. The Bertz CT molecular complexity index is 1080. The van der Waals surface area contributed by atoms with Gasteiger partial charge in [0.05, 0.1) is 0 Å². The zero-order chi connectivity index (χ0) is 21.8. The number of carbonyl (C=O) groups excluding carboxylic acids is 1. The number of anilines is 2. The van der Waals surface area contributed by atoms with Crippen molar-refractivity contribution in [3.63, 3.8) is 0 Å². The number of benzene rings is 2. The van der Waals surface area contributed by atoms with E-state index in [0.717, 1.165) is 27.4 Å². The number of rotatable bonds is 8. The van der Waals surface area contributed by atoms with E-state index in [1.807, 2.05) is 55.1 Å². The highest BCUT2D eigenvalue weighted by atomic mass is 35.5. The van der Waals surface area contributed by atoms with Crippen LogP contribution in [0.15, 0.2) is 61.3 Å². The van der Waals surface area contributed by atoms with Gasteiger partial charge in [0.1, 0.15) is 21.7 Å². The summed E-state index contributed by atoms with van der Waals surface area (Å²) in [6.07, 6.45) is 1.33. The fraction of sp³-hybridized carbons (Fsp3) is 0.174. The zero-order valence-electron chi connectivity index (χ0n) is 16.7. The summed E-state index contributed by atoms with van der Waals surface area (Å²) in [7, 11) is 0. The molecule has 0 unspecified atom stereocenters. The van der Waals surface area contributed by atoms with Crippen molar-refractivity contribution in [3.05, 3.63) is 87.9 Å². The first-order valence-corrected chi connectivity index (χ1v) is 11.0. The molecule has 7 heteroatoms. The van der Waals surface area contributed by atoms with Gasteiger partial charge in [-0.25, -0.2) is 0 Å². The van der Waals surface area contributed by atoms with E-state index >= 15 is 0 Å². The lowest BCUT2D eigenvalue weighted by molar-refractivity contribution is 0.0998. The zero-order valence-corrected chi connectivity index (χ0v) is 19.0. The van der Waals surface area contributed by atoms with Crippen LogP contribution in [0, 0.1) is 6.92 Å². The van der Waals surface area contributed by atoms with Gasteiger partial charge >= 0.3 is 0 Å². The SMILES string of the molecule is C=CN(c1cc(O[C@H](C)c2ccccc2Cl)c(C(N)=O)s1)c1cc(CCl)ccc1C. The number of halogens is 2. The van der Waals surface area contributed by atoms with E-state index in [1.165, 1.54) is 11.3 Å². The molecular formula is C23H22Cl2N2O2S. The van der Waals surface area contributed by atoms with Gasteiger partial charge in [-0.05, 0) is 37.1 Å². The second kappa shape index (κ2) is 9.56. The van der Waals surface area contributed by atoms with Crippen LogP contribution in [-0.4, -0.2) is 5.91 Å². The Morgan fingerprint density at radius 3 is 2.67 bits per heavy atom. The number of carbonyl (C=O) groups is 1. The van der Waals surface area contributed by atoms with Crippen LogP contribution >= 0.6 is 34.5 Å². The van der Waals surface area contributed by atoms with Crippen LogP contribution < -0.4 is 15.4 Å². The van der Waals surface area contributed by atoms with Crippen molar-refractivity contribution >= 4 is 51.1 Å². The highest BCUT2D eigenvalue weighted by molar-refractivity contribution is 7.18. The molecule has 0 saturated carbocycles. The Morgan fingerprint density at radius 2 is 2.03 bits per heavy atom. The molecule has 0 saturated heterocycles. The van der Waals surface area contributed by atoms with Gasteiger partial charge in [0.2, 0.25) is 0 Å². The maximum atomic E-state index is 12.1. The van der Waals surface area contributed by atoms with E-state index in [-0.39, 0.29) is 6.10 Å². The van der Waals surface area contributed by atoms with E-state index in [9.17, 15) is 4.79 Å². The predicted octanol–water partition coefficient (Wildman–Crippen LogP) is 6.97. The lowest BCUT2D eigenvalue weighted by atomic mass is 10.1. The standard InChI is InChI=1S/C23H22Cl2N2O2S/c1-4-27(19-11-16(13-24)10-9-14(19)2)21-12-20(22(30-21)23(26)28)29-15(3)17-7-5-6-8-18(17)25/h4-12,15H,1,13H2,2-3H3,(H2,26,28)/t15-/m1/s1. The summed E-state index contributed by atoms with van der Waals surface area (Å²) in [5.41, 5.74) is 9.41. The molecule has 3 rings (SSSR count). The summed E-state index contributed by atoms with van der Waals surface area (Å²) in [6, 6.07) is 15.2. The molecule has 3 aromatic rings. The van der Waals surface area contributed by atoms with Gasteiger partial charge in [0, 0.05) is 34.4 Å². The third-order valence-electron chi connectivity index (χ3n) is 4.66. The molecule has 0 spiro atoms. The molecular weight excluding hydrogens is 439 g/mol. The Morgan fingerprint density at radius 1 is 1.30 bits per heavy atom. The van der Waals surface area contributed by atoms with Crippen molar-refractivity contribution in [2.45, 2.75) is 25.8 Å². The van der Waals surface area contributed by atoms with E-state index in [1.54, 1.807) is 18.3 Å². The summed E-state index contributed by atoms with van der Waals surface area (Å²) in [5, 5.41) is 1.36. The Labute approximate surface area is 190 Å². The van der Waals surface area contributed by atoms with Crippen LogP contribution in [0.5, 0.6) is 5.75 Å². The molecule has 1 atom stereocenters. The highest BCUT2D eigenvalue weighted by Gasteiger charge is 2.22. The predicted molar refractivity (Wildman–Crippen MR) is 126 cm³/mol. The summed E-state index contributed by atoms with van der Waals surface area (Å²) in [6.45, 7) is 7.82. The number of aryl methyl sites for hydroxylation is 1. The number of amides is 1. The monoisotopic (exact) mass is 460 g/mol. The molecule has 1 amide bonds. The number of primary amides is 1. The molecule has 0 aliphatic carbocycles. The smallest absolute Gasteiger partial charge is 0.262 e. The molecule has 156 valence electrons. The van der Waals surface area contributed by atoms with Crippen LogP contribution in [0.4, 0.5) is 10.7 Å². The summed E-state index contributed by atoms with van der Waals surface area (Å²) < 4.78 is 6.10. The highest BCUT2D eigenvalue weighted by Crippen LogP contribution is 2.42. The van der Waals surface area contributed by atoms with Gasteiger partial charge in [-0.1, -0.05) is 48.5 Å². The summed E-state index contributed by atoms with van der Waals surface area (Å²) >= 11 is 13.5. The Hall–Kier alpha value is -2.47. The molecule has 30 heavy (non-hydrogen) atoms. The molecule has 1 aromatic heterocycles. The van der Waals surface area contributed by atoms with Crippen LogP contribution in [0.25, 0.3) is 0 Å². The molecule has 0 aliphatic rings. The van der Waals surface area contributed by atoms with Gasteiger partial charge in [0.15, 0.2) is 0 Å². The quantitative estimate of drug-likeness (QED) is 0.369. The minimum Gasteiger partial charge on any atom is -0.484 e. The number of hydrogen-bond acceptors (Lipinski definition) is 4. The number of thiophene rings is 1. The van der Waals surface area contributed by atoms with Crippen molar-refractivity contribution in [3.8, 4) is 5.75 Å². The first-order valence-electron chi connectivity index (χ1n) is 9.27. The number of ether oxygens (including phenoxy) is 1. The van der Waals surface area contributed by atoms with Crippen LogP contribution in [0.1, 0.15) is 39.4 Å².